The molecule has 0 saturated heterocycles. The first kappa shape index (κ1) is 10.6. The predicted octanol–water partition coefficient (Wildman–Crippen LogP) is 2.72. The molecule has 0 radical (unpaired) electrons. The van der Waals surface area contributed by atoms with Crippen LogP contribution >= 0.6 is 0 Å². The van der Waals surface area contributed by atoms with Crippen molar-refractivity contribution in [3.8, 4) is 0 Å². The van der Waals surface area contributed by atoms with Gasteiger partial charge < -0.3 is 0 Å². The number of hydrogen-bond donors (Lipinski definition) is 0. The lowest BCUT2D eigenvalue weighted by atomic mass is 10.1. The van der Waals surface area contributed by atoms with Gasteiger partial charge in [-0.25, -0.2) is 0 Å². The molecule has 2 nitrogen and oxygen atoms in total. The second-order valence-corrected chi connectivity index (χ2v) is 3.40. The second-order valence-electron chi connectivity index (χ2n) is 3.40. The van der Waals surface area contributed by atoms with Crippen molar-refractivity contribution in [1.29, 1.82) is 0 Å². The maximum absolute atomic E-state index is 4.37. The highest BCUT2D eigenvalue weighted by Crippen LogP contribution is 2.05. The fraction of sp³-hybridized carbons (Fsp3) is 0.333. The van der Waals surface area contributed by atoms with E-state index in [9.17, 15) is 0 Å². The van der Waals surface area contributed by atoms with Crippen molar-refractivity contribution in [3.63, 3.8) is 0 Å². The van der Waals surface area contributed by atoms with E-state index in [0.717, 1.165) is 17.8 Å². The molecule has 1 rings (SSSR count). The maximum atomic E-state index is 4.37. The summed E-state index contributed by atoms with van der Waals surface area (Å²) in [5.74, 6) is 0. The largest absolute Gasteiger partial charge is 0.296 e. The minimum atomic E-state index is 0.758. The fourth-order valence-electron chi connectivity index (χ4n) is 1.17. The summed E-state index contributed by atoms with van der Waals surface area (Å²) >= 11 is 0. The van der Waals surface area contributed by atoms with Gasteiger partial charge in [-0.15, -0.1) is 0 Å². The van der Waals surface area contributed by atoms with Gasteiger partial charge in [0.1, 0.15) is 0 Å². The van der Waals surface area contributed by atoms with Gasteiger partial charge in [-0.05, 0) is 31.0 Å². The summed E-state index contributed by atoms with van der Waals surface area (Å²) in [4.78, 5) is 8.35. The molecule has 0 fully saturated rings. The van der Waals surface area contributed by atoms with Crippen LogP contribution in [0.25, 0.3) is 0 Å². The summed E-state index contributed by atoms with van der Waals surface area (Å²) in [5, 5.41) is 0. The van der Waals surface area contributed by atoms with Crippen LogP contribution in [0.3, 0.4) is 0 Å². The molecule has 0 spiro atoms. The van der Waals surface area contributed by atoms with Crippen molar-refractivity contribution in [2.75, 3.05) is 7.05 Å². The topological polar surface area (TPSA) is 24.7 Å². The second kappa shape index (κ2) is 5.32. The van der Waals surface area contributed by atoms with Crippen LogP contribution in [0.1, 0.15) is 25.0 Å². The zero-order valence-electron chi connectivity index (χ0n) is 8.99. The van der Waals surface area contributed by atoms with Gasteiger partial charge in [-0.3, -0.25) is 9.98 Å². The lowest BCUT2D eigenvalue weighted by Crippen LogP contribution is -1.88. The molecule has 14 heavy (non-hydrogen) atoms. The molecule has 0 aliphatic rings. The van der Waals surface area contributed by atoms with Gasteiger partial charge in [0.15, 0.2) is 0 Å². The van der Waals surface area contributed by atoms with Crippen molar-refractivity contribution >= 4 is 11.9 Å². The minimum absolute atomic E-state index is 0.758. The summed E-state index contributed by atoms with van der Waals surface area (Å²) in [5.41, 5.74) is 3.47. The first-order valence-electron chi connectivity index (χ1n) is 4.71. The molecule has 1 aromatic carbocycles. The van der Waals surface area contributed by atoms with Crippen molar-refractivity contribution in [2.45, 2.75) is 20.4 Å². The molecule has 1 aromatic rings. The molecule has 0 amide bonds. The zero-order valence-corrected chi connectivity index (χ0v) is 8.99. The van der Waals surface area contributed by atoms with Gasteiger partial charge in [0, 0.05) is 19.0 Å². The highest BCUT2D eigenvalue weighted by molar-refractivity contribution is 5.80. The fourth-order valence-corrected chi connectivity index (χ4v) is 1.17. The average Bonchev–Trinajstić information content (AvgIpc) is 2.16. The Labute approximate surface area is 85.4 Å². The Kier molecular flexibility index (Phi) is 4.05. The summed E-state index contributed by atoms with van der Waals surface area (Å²) < 4.78 is 0. The van der Waals surface area contributed by atoms with Crippen LogP contribution in [-0.2, 0) is 6.54 Å². The van der Waals surface area contributed by atoms with E-state index in [2.05, 4.69) is 22.1 Å². The molecule has 0 atom stereocenters. The van der Waals surface area contributed by atoms with Crippen LogP contribution in [0, 0.1) is 0 Å². The average molecular weight is 188 g/mol. The Morgan fingerprint density at radius 1 is 1.36 bits per heavy atom. The zero-order chi connectivity index (χ0) is 10.4. The van der Waals surface area contributed by atoms with Gasteiger partial charge >= 0.3 is 0 Å². The number of aliphatic imine (C=N–C) groups is 2. The van der Waals surface area contributed by atoms with Crippen LogP contribution in [0.4, 0.5) is 0 Å². The van der Waals surface area contributed by atoms with Crippen molar-refractivity contribution in [2.24, 2.45) is 9.98 Å². The SMILES string of the molecule is CN=Cc1cccc(CN=C(C)C)c1. The Hall–Kier alpha value is -1.44. The van der Waals surface area contributed by atoms with Crippen LogP contribution in [0.5, 0.6) is 0 Å². The molecule has 0 N–H and O–H groups in total. The third kappa shape index (κ3) is 3.52. The third-order valence-corrected chi connectivity index (χ3v) is 1.81. The van der Waals surface area contributed by atoms with E-state index in [-0.39, 0.29) is 0 Å². The lowest BCUT2D eigenvalue weighted by molar-refractivity contribution is 1.06. The summed E-state index contributed by atoms with van der Waals surface area (Å²) in [6.07, 6.45) is 1.85. The Bertz CT molecular complexity index is 347. The van der Waals surface area contributed by atoms with Crippen molar-refractivity contribution in [3.05, 3.63) is 35.4 Å². The summed E-state index contributed by atoms with van der Waals surface area (Å²) in [6.45, 7) is 4.78. The molecule has 0 saturated carbocycles. The van der Waals surface area contributed by atoms with Gasteiger partial charge in [0.05, 0.1) is 6.54 Å². The van der Waals surface area contributed by atoms with Gasteiger partial charge in [-0.2, -0.15) is 0 Å². The normalized spacial score (nSPS) is 10.5. The lowest BCUT2D eigenvalue weighted by Gasteiger charge is -1.98. The molecule has 0 aromatic heterocycles. The Balaban J connectivity index is 2.78. The molecule has 0 bridgehead atoms. The van der Waals surface area contributed by atoms with E-state index in [1.807, 2.05) is 32.2 Å². The minimum Gasteiger partial charge on any atom is -0.296 e. The molecule has 74 valence electrons. The van der Waals surface area contributed by atoms with Crippen LogP contribution < -0.4 is 0 Å². The highest BCUT2D eigenvalue weighted by atomic mass is 14.7. The summed E-state index contributed by atoms with van der Waals surface area (Å²) in [6, 6.07) is 8.27. The number of nitrogens with zero attached hydrogens (tertiary/aromatic N) is 2. The predicted molar refractivity (Wildman–Crippen MR) is 62.4 cm³/mol. The van der Waals surface area contributed by atoms with E-state index in [4.69, 9.17) is 0 Å². The van der Waals surface area contributed by atoms with Gasteiger partial charge in [-0.1, -0.05) is 18.2 Å². The summed E-state index contributed by atoms with van der Waals surface area (Å²) in [7, 11) is 1.78. The quantitative estimate of drug-likeness (QED) is 0.652. The van der Waals surface area contributed by atoms with E-state index >= 15 is 0 Å². The van der Waals surface area contributed by atoms with Crippen LogP contribution in [0.2, 0.25) is 0 Å². The van der Waals surface area contributed by atoms with Crippen molar-refractivity contribution < 1.29 is 0 Å². The standard InChI is InChI=1S/C12H16N2/c1-10(2)14-9-12-6-4-5-11(7-12)8-13-3/h4-8H,9H2,1-3H3. The third-order valence-electron chi connectivity index (χ3n) is 1.81. The highest BCUT2D eigenvalue weighted by Gasteiger charge is 1.92. The number of hydrogen-bond acceptors (Lipinski definition) is 2. The van der Waals surface area contributed by atoms with E-state index < -0.39 is 0 Å². The van der Waals surface area contributed by atoms with Gasteiger partial charge in [0.25, 0.3) is 0 Å². The maximum Gasteiger partial charge on any atom is 0.0639 e. The van der Waals surface area contributed by atoms with E-state index in [0.29, 0.717) is 0 Å². The molecular weight excluding hydrogens is 172 g/mol. The van der Waals surface area contributed by atoms with Crippen LogP contribution in [-0.4, -0.2) is 19.0 Å². The number of rotatable bonds is 3. The molecule has 0 heterocycles. The Morgan fingerprint density at radius 2 is 2.14 bits per heavy atom. The molecule has 0 aliphatic heterocycles. The monoisotopic (exact) mass is 188 g/mol. The van der Waals surface area contributed by atoms with Crippen molar-refractivity contribution in [1.82, 2.24) is 0 Å². The Morgan fingerprint density at radius 3 is 2.79 bits per heavy atom. The molecule has 0 unspecified atom stereocenters. The molecule has 2 heteroatoms. The van der Waals surface area contributed by atoms with Gasteiger partial charge in [0.2, 0.25) is 0 Å². The smallest absolute Gasteiger partial charge is 0.0639 e. The number of benzene rings is 1. The van der Waals surface area contributed by atoms with E-state index in [1.165, 1.54) is 5.56 Å². The van der Waals surface area contributed by atoms with E-state index in [1.54, 1.807) is 7.05 Å². The molecule has 0 aliphatic carbocycles. The van der Waals surface area contributed by atoms with Crippen LogP contribution in [0.15, 0.2) is 34.3 Å². The first-order valence-corrected chi connectivity index (χ1v) is 4.71. The first-order chi connectivity index (χ1) is 6.72. The molecular formula is C12H16N2.